The molecule has 0 unspecified atom stereocenters. The highest BCUT2D eigenvalue weighted by Gasteiger charge is 2.20. The highest BCUT2D eigenvalue weighted by Crippen LogP contribution is 2.27. The van der Waals surface area contributed by atoms with Crippen molar-refractivity contribution >= 4 is 21.8 Å². The molecule has 3 aromatic rings. The predicted molar refractivity (Wildman–Crippen MR) is 104 cm³/mol. The summed E-state index contributed by atoms with van der Waals surface area (Å²) in [5.74, 6) is -0.126. The van der Waals surface area contributed by atoms with Crippen molar-refractivity contribution in [2.75, 3.05) is 18.1 Å². The van der Waals surface area contributed by atoms with Crippen LogP contribution < -0.4 is 5.32 Å². The number of anilines is 1. The quantitative estimate of drug-likeness (QED) is 0.723. The minimum absolute atomic E-state index is 0.126. The third kappa shape index (κ3) is 3.83. The van der Waals surface area contributed by atoms with E-state index in [0.717, 1.165) is 11.1 Å². The third-order valence-corrected chi connectivity index (χ3v) is 5.44. The number of nitrogens with zero attached hydrogens (tertiary/aromatic N) is 3. The van der Waals surface area contributed by atoms with Crippen LogP contribution in [0, 0.1) is 6.92 Å². The van der Waals surface area contributed by atoms with Crippen molar-refractivity contribution in [3.8, 4) is 11.4 Å². The summed E-state index contributed by atoms with van der Waals surface area (Å²) >= 11 is 0. The van der Waals surface area contributed by atoms with E-state index in [1.165, 1.54) is 3.97 Å². The van der Waals surface area contributed by atoms with E-state index in [-0.39, 0.29) is 5.75 Å². The van der Waals surface area contributed by atoms with Gasteiger partial charge in [0.25, 0.3) is 0 Å². The second kappa shape index (κ2) is 7.53. The number of rotatable bonds is 6. The number of nitrogens with one attached hydrogen (secondary N) is 1. The third-order valence-electron chi connectivity index (χ3n) is 3.93. The van der Waals surface area contributed by atoms with Crippen molar-refractivity contribution in [3.63, 3.8) is 0 Å². The van der Waals surface area contributed by atoms with Crippen molar-refractivity contribution in [2.45, 2.75) is 6.92 Å². The first-order valence-corrected chi connectivity index (χ1v) is 9.74. The highest BCUT2D eigenvalue weighted by atomic mass is 32.2. The number of aromatic nitrogens is 3. The predicted octanol–water partition coefficient (Wildman–Crippen LogP) is 3.19. The number of aryl methyl sites for hydroxylation is 1. The molecular weight excluding hydrogens is 348 g/mol. The van der Waals surface area contributed by atoms with Crippen molar-refractivity contribution in [1.82, 2.24) is 13.9 Å². The lowest BCUT2D eigenvalue weighted by Crippen LogP contribution is -2.16. The maximum Gasteiger partial charge on any atom is 0.242 e. The Morgan fingerprint density at radius 2 is 2.04 bits per heavy atom. The van der Waals surface area contributed by atoms with Crippen molar-refractivity contribution in [1.29, 1.82) is 0 Å². The fraction of sp³-hybridized carbons (Fsp3) is 0.158. The Hall–Kier alpha value is -2.93. The molecule has 0 aliphatic carbocycles. The molecule has 0 radical (unpaired) electrons. The molecule has 0 amide bonds. The van der Waals surface area contributed by atoms with Crippen LogP contribution in [0.4, 0.5) is 5.69 Å². The van der Waals surface area contributed by atoms with Crippen LogP contribution in [-0.2, 0) is 10.0 Å². The van der Waals surface area contributed by atoms with Gasteiger partial charge < -0.3 is 5.32 Å². The molecule has 3 aromatic heterocycles. The van der Waals surface area contributed by atoms with Crippen LogP contribution in [0.25, 0.3) is 17.5 Å². The molecule has 0 aromatic carbocycles. The lowest BCUT2D eigenvalue weighted by atomic mass is 10.2. The molecule has 3 rings (SSSR count). The van der Waals surface area contributed by atoms with Gasteiger partial charge in [0.2, 0.25) is 10.0 Å². The first-order valence-electron chi connectivity index (χ1n) is 8.13. The average molecular weight is 368 g/mol. The van der Waals surface area contributed by atoms with Crippen LogP contribution in [0.3, 0.4) is 0 Å². The summed E-state index contributed by atoms with van der Waals surface area (Å²) in [6.07, 6.45) is 9.97. The topological polar surface area (TPSA) is 76.9 Å². The van der Waals surface area contributed by atoms with Gasteiger partial charge in [0.05, 0.1) is 22.8 Å². The van der Waals surface area contributed by atoms with Gasteiger partial charge in [-0.15, -0.1) is 0 Å². The maximum absolute atomic E-state index is 12.9. The van der Waals surface area contributed by atoms with Gasteiger partial charge in [-0.1, -0.05) is 24.3 Å². The van der Waals surface area contributed by atoms with Gasteiger partial charge in [-0.2, -0.15) is 0 Å². The first-order chi connectivity index (χ1) is 12.5. The second-order valence-electron chi connectivity index (χ2n) is 5.80. The fourth-order valence-electron chi connectivity index (χ4n) is 2.60. The van der Waals surface area contributed by atoms with E-state index in [1.807, 2.05) is 25.1 Å². The van der Waals surface area contributed by atoms with E-state index in [0.29, 0.717) is 17.1 Å². The molecule has 0 saturated heterocycles. The van der Waals surface area contributed by atoms with E-state index >= 15 is 0 Å². The Balaban J connectivity index is 1.96. The lowest BCUT2D eigenvalue weighted by Gasteiger charge is -2.10. The van der Waals surface area contributed by atoms with Crippen LogP contribution in [0.1, 0.15) is 11.1 Å². The van der Waals surface area contributed by atoms with E-state index in [4.69, 9.17) is 0 Å². The molecule has 0 bridgehead atoms. The summed E-state index contributed by atoms with van der Waals surface area (Å²) in [6.45, 7) is 1.91. The molecule has 3 heterocycles. The largest absolute Gasteiger partial charge is 0.387 e. The fourth-order valence-corrected chi connectivity index (χ4v) is 3.81. The minimum Gasteiger partial charge on any atom is -0.387 e. The highest BCUT2D eigenvalue weighted by molar-refractivity contribution is 7.90. The second-order valence-corrected chi connectivity index (χ2v) is 7.69. The summed E-state index contributed by atoms with van der Waals surface area (Å²) in [7, 11) is -1.83. The normalized spacial score (nSPS) is 11.8. The van der Waals surface area contributed by atoms with Gasteiger partial charge in [-0.3, -0.25) is 9.97 Å². The Labute approximate surface area is 153 Å². The zero-order valence-electron chi connectivity index (χ0n) is 14.6. The standard InChI is InChI=1S/C19H20N4O2S/c1-15-6-3-10-22-19(15)18-12-17(20-2)14-23(18)26(24,25)11-5-8-16-7-4-9-21-13-16/h3-10,12-14,20H,11H2,1-2H3. The summed E-state index contributed by atoms with van der Waals surface area (Å²) in [5, 5.41) is 2.99. The SMILES string of the molecule is CNc1cc(-c2ncccc2C)n(S(=O)(=O)CC=Cc2cccnc2)c1. The van der Waals surface area contributed by atoms with Gasteiger partial charge in [0.1, 0.15) is 0 Å². The van der Waals surface area contributed by atoms with Crippen LogP contribution >= 0.6 is 0 Å². The van der Waals surface area contributed by atoms with Crippen molar-refractivity contribution in [2.24, 2.45) is 0 Å². The van der Waals surface area contributed by atoms with Crippen LogP contribution in [0.2, 0.25) is 0 Å². The van der Waals surface area contributed by atoms with Crippen molar-refractivity contribution < 1.29 is 8.42 Å². The monoisotopic (exact) mass is 368 g/mol. The van der Waals surface area contributed by atoms with E-state index in [1.54, 1.807) is 56.1 Å². The molecule has 1 N–H and O–H groups in total. The lowest BCUT2D eigenvalue weighted by molar-refractivity contribution is 0.591. The Kier molecular flexibility index (Phi) is 5.18. The maximum atomic E-state index is 12.9. The molecular formula is C19H20N4O2S. The van der Waals surface area contributed by atoms with Crippen molar-refractivity contribution in [3.05, 3.63) is 72.3 Å². The molecule has 0 spiro atoms. The number of pyridine rings is 2. The molecule has 0 atom stereocenters. The zero-order valence-corrected chi connectivity index (χ0v) is 15.4. The van der Waals surface area contributed by atoms with E-state index in [9.17, 15) is 8.42 Å². The Morgan fingerprint density at radius 3 is 2.73 bits per heavy atom. The van der Waals surface area contributed by atoms with E-state index in [2.05, 4.69) is 15.3 Å². The number of hydrogen-bond acceptors (Lipinski definition) is 5. The molecule has 7 heteroatoms. The summed E-state index contributed by atoms with van der Waals surface area (Å²) in [4.78, 5) is 8.37. The number of hydrogen-bond donors (Lipinski definition) is 1. The Bertz CT molecular complexity index is 1020. The minimum atomic E-state index is -3.59. The average Bonchev–Trinajstić information content (AvgIpc) is 3.08. The molecule has 0 aliphatic rings. The zero-order chi connectivity index (χ0) is 18.6. The van der Waals surface area contributed by atoms with E-state index < -0.39 is 10.0 Å². The molecule has 134 valence electrons. The molecule has 26 heavy (non-hydrogen) atoms. The Morgan fingerprint density at radius 1 is 1.23 bits per heavy atom. The molecule has 0 aliphatic heterocycles. The summed E-state index contributed by atoms with van der Waals surface area (Å²) in [5.41, 5.74) is 3.67. The van der Waals surface area contributed by atoms with Gasteiger partial charge in [0, 0.05) is 31.8 Å². The molecule has 6 nitrogen and oxygen atoms in total. The molecule has 0 saturated carbocycles. The summed E-state index contributed by atoms with van der Waals surface area (Å²) < 4.78 is 27.1. The van der Waals surface area contributed by atoms with Crippen LogP contribution in [0.5, 0.6) is 0 Å². The smallest absolute Gasteiger partial charge is 0.242 e. The van der Waals surface area contributed by atoms with Gasteiger partial charge in [0.15, 0.2) is 0 Å². The van der Waals surface area contributed by atoms with Gasteiger partial charge in [-0.05, 0) is 36.2 Å². The molecule has 0 fully saturated rings. The summed E-state index contributed by atoms with van der Waals surface area (Å²) in [6, 6.07) is 9.20. The van der Waals surface area contributed by atoms with Crippen LogP contribution in [0.15, 0.2) is 61.2 Å². The van der Waals surface area contributed by atoms with Gasteiger partial charge >= 0.3 is 0 Å². The first kappa shape index (κ1) is 17.9. The van der Waals surface area contributed by atoms with Gasteiger partial charge in [-0.25, -0.2) is 12.4 Å². The van der Waals surface area contributed by atoms with Crippen LogP contribution in [-0.4, -0.2) is 35.2 Å².